The Morgan fingerprint density at radius 1 is 1.33 bits per heavy atom. The van der Waals surface area contributed by atoms with Gasteiger partial charge in [0.2, 0.25) is 11.9 Å². The van der Waals surface area contributed by atoms with Gasteiger partial charge >= 0.3 is 5.97 Å². The van der Waals surface area contributed by atoms with E-state index in [1.165, 1.54) is 7.11 Å². The lowest BCUT2D eigenvalue weighted by atomic mass is 9.98. The molecule has 132 valence electrons. The maximum Gasteiger partial charge on any atom is 0.310 e. The van der Waals surface area contributed by atoms with Crippen LogP contribution < -0.4 is 5.32 Å². The van der Waals surface area contributed by atoms with Gasteiger partial charge in [-0.1, -0.05) is 0 Å². The Labute approximate surface area is 142 Å². The molecule has 0 saturated carbocycles. The fraction of sp³-hybridized carbons (Fsp3) is 0.647. The number of piperidine rings is 1. The van der Waals surface area contributed by atoms with Crippen molar-refractivity contribution in [3.8, 4) is 0 Å². The highest BCUT2D eigenvalue weighted by atomic mass is 16.5. The number of esters is 1. The van der Waals surface area contributed by atoms with Gasteiger partial charge in [-0.15, -0.1) is 0 Å². The van der Waals surface area contributed by atoms with Gasteiger partial charge in [-0.2, -0.15) is 0 Å². The summed E-state index contributed by atoms with van der Waals surface area (Å²) in [4.78, 5) is 34.3. The van der Waals surface area contributed by atoms with Gasteiger partial charge < -0.3 is 15.0 Å². The number of aromatic nitrogens is 2. The summed E-state index contributed by atoms with van der Waals surface area (Å²) in [7, 11) is 1.39. The number of likely N-dealkylation sites (tertiary alicyclic amines) is 1. The molecule has 1 aromatic rings. The number of nitrogens with one attached hydrogen (secondary N) is 1. The fourth-order valence-corrected chi connectivity index (χ4v) is 2.97. The Hall–Kier alpha value is -2.18. The van der Waals surface area contributed by atoms with Crippen LogP contribution in [0.2, 0.25) is 0 Å². The molecule has 1 N–H and O–H groups in total. The van der Waals surface area contributed by atoms with E-state index >= 15 is 0 Å². The quantitative estimate of drug-likeness (QED) is 0.629. The summed E-state index contributed by atoms with van der Waals surface area (Å²) in [5, 5.41) is 3.15. The third-order valence-electron chi connectivity index (χ3n) is 4.14. The first-order valence-electron chi connectivity index (χ1n) is 8.41. The van der Waals surface area contributed by atoms with E-state index < -0.39 is 0 Å². The Morgan fingerprint density at radius 2 is 2.04 bits per heavy atom. The molecule has 0 radical (unpaired) electrons. The van der Waals surface area contributed by atoms with E-state index in [4.69, 9.17) is 4.74 Å². The molecule has 1 aliphatic heterocycles. The molecular weight excluding hydrogens is 308 g/mol. The summed E-state index contributed by atoms with van der Waals surface area (Å²) in [5.41, 5.74) is 1.84. The second-order valence-electron chi connectivity index (χ2n) is 6.21. The predicted octanol–water partition coefficient (Wildman–Crippen LogP) is 1.70. The first kappa shape index (κ1) is 18.2. The number of carbonyl (C=O) groups is 2. The minimum Gasteiger partial charge on any atom is -0.469 e. The average molecular weight is 334 g/mol. The van der Waals surface area contributed by atoms with Crippen LogP contribution in [0.25, 0.3) is 0 Å². The second-order valence-corrected chi connectivity index (χ2v) is 6.21. The lowest BCUT2D eigenvalue weighted by Gasteiger charge is -2.31. The SMILES string of the molecule is COC(=O)C1CCCN(C(=O)CCCNc2nc(C)cc(C)n2)C1. The van der Waals surface area contributed by atoms with Crippen LogP contribution in [-0.2, 0) is 14.3 Å². The first-order chi connectivity index (χ1) is 11.5. The van der Waals surface area contributed by atoms with Gasteiger partial charge in [0.1, 0.15) is 0 Å². The maximum absolute atomic E-state index is 12.3. The Morgan fingerprint density at radius 3 is 2.71 bits per heavy atom. The van der Waals surface area contributed by atoms with E-state index in [-0.39, 0.29) is 17.8 Å². The lowest BCUT2D eigenvalue weighted by molar-refractivity contribution is -0.149. The monoisotopic (exact) mass is 334 g/mol. The summed E-state index contributed by atoms with van der Waals surface area (Å²) in [6.07, 6.45) is 2.79. The molecule has 24 heavy (non-hydrogen) atoms. The molecule has 1 aromatic heterocycles. The summed E-state index contributed by atoms with van der Waals surface area (Å²) in [6, 6.07) is 1.92. The zero-order valence-corrected chi connectivity index (χ0v) is 14.7. The van der Waals surface area contributed by atoms with Crippen molar-refractivity contribution in [3.05, 3.63) is 17.5 Å². The number of rotatable bonds is 6. The van der Waals surface area contributed by atoms with Crippen LogP contribution >= 0.6 is 0 Å². The molecule has 2 rings (SSSR count). The molecule has 1 saturated heterocycles. The Balaban J connectivity index is 1.73. The van der Waals surface area contributed by atoms with Gasteiger partial charge in [-0.05, 0) is 39.2 Å². The molecule has 1 atom stereocenters. The number of aryl methyl sites for hydroxylation is 2. The van der Waals surface area contributed by atoms with Gasteiger partial charge in [0, 0.05) is 37.4 Å². The molecule has 0 aliphatic carbocycles. The van der Waals surface area contributed by atoms with Gasteiger partial charge in [0.05, 0.1) is 13.0 Å². The van der Waals surface area contributed by atoms with E-state index in [1.807, 2.05) is 19.9 Å². The van der Waals surface area contributed by atoms with Crippen molar-refractivity contribution in [1.29, 1.82) is 0 Å². The predicted molar refractivity (Wildman–Crippen MR) is 90.5 cm³/mol. The molecule has 7 heteroatoms. The molecule has 1 aliphatic rings. The van der Waals surface area contributed by atoms with Crippen LogP contribution in [-0.4, -0.2) is 53.5 Å². The van der Waals surface area contributed by atoms with Crippen molar-refractivity contribution in [3.63, 3.8) is 0 Å². The number of hydrogen-bond donors (Lipinski definition) is 1. The fourth-order valence-electron chi connectivity index (χ4n) is 2.97. The smallest absolute Gasteiger partial charge is 0.310 e. The largest absolute Gasteiger partial charge is 0.469 e. The van der Waals surface area contributed by atoms with Crippen LogP contribution in [0.5, 0.6) is 0 Å². The van der Waals surface area contributed by atoms with E-state index in [0.717, 1.165) is 30.8 Å². The van der Waals surface area contributed by atoms with E-state index in [0.29, 0.717) is 31.9 Å². The normalized spacial score (nSPS) is 17.5. The molecule has 1 amide bonds. The van der Waals surface area contributed by atoms with Crippen molar-refractivity contribution < 1.29 is 14.3 Å². The molecule has 1 unspecified atom stereocenters. The van der Waals surface area contributed by atoms with Crippen molar-refractivity contribution in [2.45, 2.75) is 39.5 Å². The first-order valence-corrected chi connectivity index (χ1v) is 8.41. The Bertz CT molecular complexity index is 571. The zero-order chi connectivity index (χ0) is 17.5. The van der Waals surface area contributed by atoms with Crippen molar-refractivity contribution in [2.24, 2.45) is 5.92 Å². The molecule has 0 spiro atoms. The molecule has 0 bridgehead atoms. The number of nitrogens with zero attached hydrogens (tertiary/aromatic N) is 3. The number of carbonyl (C=O) groups excluding carboxylic acids is 2. The minimum atomic E-state index is -0.221. The standard InChI is InChI=1S/C17H26N4O3/c1-12-10-13(2)20-17(19-12)18-8-4-7-15(22)21-9-5-6-14(11-21)16(23)24-3/h10,14H,4-9,11H2,1-3H3,(H,18,19,20). The van der Waals surface area contributed by atoms with Gasteiger partial charge in [0.25, 0.3) is 0 Å². The van der Waals surface area contributed by atoms with Crippen LogP contribution in [0.4, 0.5) is 5.95 Å². The highest BCUT2D eigenvalue weighted by Gasteiger charge is 2.28. The highest BCUT2D eigenvalue weighted by Crippen LogP contribution is 2.18. The average Bonchev–Trinajstić information content (AvgIpc) is 2.57. The highest BCUT2D eigenvalue weighted by molar-refractivity contribution is 5.78. The minimum absolute atomic E-state index is 0.0896. The van der Waals surface area contributed by atoms with E-state index in [2.05, 4.69) is 15.3 Å². The molecular formula is C17H26N4O3. The number of amides is 1. The van der Waals surface area contributed by atoms with Crippen LogP contribution in [0.3, 0.4) is 0 Å². The van der Waals surface area contributed by atoms with E-state index in [1.54, 1.807) is 4.90 Å². The molecule has 1 fully saturated rings. The van der Waals surface area contributed by atoms with Gasteiger partial charge in [-0.25, -0.2) is 9.97 Å². The van der Waals surface area contributed by atoms with Crippen LogP contribution in [0.15, 0.2) is 6.07 Å². The summed E-state index contributed by atoms with van der Waals surface area (Å²) < 4.78 is 4.78. The third kappa shape index (κ3) is 5.18. The van der Waals surface area contributed by atoms with Gasteiger partial charge in [0.15, 0.2) is 0 Å². The maximum atomic E-state index is 12.3. The number of ether oxygens (including phenoxy) is 1. The molecule has 7 nitrogen and oxygen atoms in total. The summed E-state index contributed by atoms with van der Waals surface area (Å²) >= 11 is 0. The van der Waals surface area contributed by atoms with Crippen LogP contribution in [0.1, 0.15) is 37.1 Å². The van der Waals surface area contributed by atoms with Crippen molar-refractivity contribution in [2.75, 3.05) is 32.1 Å². The zero-order valence-electron chi connectivity index (χ0n) is 14.7. The summed E-state index contributed by atoms with van der Waals surface area (Å²) in [6.45, 7) is 5.69. The third-order valence-corrected chi connectivity index (χ3v) is 4.14. The van der Waals surface area contributed by atoms with E-state index in [9.17, 15) is 9.59 Å². The number of hydrogen-bond acceptors (Lipinski definition) is 6. The van der Waals surface area contributed by atoms with Gasteiger partial charge in [-0.3, -0.25) is 9.59 Å². The Kier molecular flexibility index (Phi) is 6.52. The summed E-state index contributed by atoms with van der Waals surface area (Å²) in [5.74, 6) is 0.283. The lowest BCUT2D eigenvalue weighted by Crippen LogP contribution is -2.42. The number of anilines is 1. The molecule has 0 aromatic carbocycles. The van der Waals surface area contributed by atoms with Crippen LogP contribution in [0, 0.1) is 19.8 Å². The van der Waals surface area contributed by atoms with Crippen molar-refractivity contribution >= 4 is 17.8 Å². The number of methoxy groups -OCH3 is 1. The second kappa shape index (κ2) is 8.61. The molecule has 2 heterocycles. The van der Waals surface area contributed by atoms with Crippen molar-refractivity contribution in [1.82, 2.24) is 14.9 Å². The topological polar surface area (TPSA) is 84.4 Å².